The molecule has 0 atom stereocenters. The molecule has 0 aliphatic carbocycles. The SMILES string of the molecule is O=C(O)CCCN1C(=O)C(=Cc2ccc(S(=O)(=O)c3ccc(Cl)cc3)cc2)SC1=S. The summed E-state index contributed by atoms with van der Waals surface area (Å²) in [5.74, 6) is -1.21. The molecule has 1 heterocycles. The predicted octanol–water partition coefficient (Wildman–Crippen LogP) is 4.24. The van der Waals surface area contributed by atoms with Gasteiger partial charge in [-0.2, -0.15) is 0 Å². The summed E-state index contributed by atoms with van der Waals surface area (Å²) in [7, 11) is -3.67. The summed E-state index contributed by atoms with van der Waals surface area (Å²) in [6.07, 6.45) is 1.90. The number of hydrogen-bond acceptors (Lipinski definition) is 6. The molecule has 2 aromatic rings. The van der Waals surface area contributed by atoms with E-state index in [1.54, 1.807) is 18.2 Å². The number of hydrogen-bond donors (Lipinski definition) is 1. The van der Waals surface area contributed by atoms with Crippen molar-refractivity contribution in [2.45, 2.75) is 22.6 Å². The second-order valence-corrected chi connectivity index (χ2v) is 10.4. The number of sulfone groups is 1. The third-order valence-corrected chi connectivity index (χ3v) is 7.67. The number of thiocarbonyl (C=S) groups is 1. The summed E-state index contributed by atoms with van der Waals surface area (Å²) in [6, 6.07) is 12.1. The molecular formula is C20H16ClNO5S3. The van der Waals surface area contributed by atoms with E-state index in [-0.39, 0.29) is 28.7 Å². The maximum absolute atomic E-state index is 12.7. The molecule has 6 nitrogen and oxygen atoms in total. The second-order valence-electron chi connectivity index (χ2n) is 6.36. The lowest BCUT2D eigenvalue weighted by Gasteiger charge is -2.13. The number of halogens is 1. The summed E-state index contributed by atoms with van der Waals surface area (Å²) in [4.78, 5) is 25.2. The Morgan fingerprint density at radius 2 is 1.67 bits per heavy atom. The molecule has 1 aliphatic rings. The Balaban J connectivity index is 1.76. The Morgan fingerprint density at radius 1 is 1.10 bits per heavy atom. The van der Waals surface area contributed by atoms with Crippen molar-refractivity contribution in [1.29, 1.82) is 0 Å². The minimum Gasteiger partial charge on any atom is -0.481 e. The summed E-state index contributed by atoms with van der Waals surface area (Å²) in [5.41, 5.74) is 0.649. The molecule has 0 saturated carbocycles. The molecule has 30 heavy (non-hydrogen) atoms. The van der Waals surface area contributed by atoms with Crippen molar-refractivity contribution in [3.63, 3.8) is 0 Å². The summed E-state index contributed by atoms with van der Waals surface area (Å²) < 4.78 is 25.8. The topological polar surface area (TPSA) is 91.8 Å². The van der Waals surface area contributed by atoms with Crippen LogP contribution in [0.15, 0.2) is 63.2 Å². The molecule has 156 valence electrons. The number of aliphatic carboxylic acids is 1. The first-order valence-corrected chi connectivity index (χ1v) is 11.8. The Hall–Kier alpha value is -2.20. The third-order valence-electron chi connectivity index (χ3n) is 4.26. The van der Waals surface area contributed by atoms with Crippen LogP contribution in [0.2, 0.25) is 5.02 Å². The van der Waals surface area contributed by atoms with Crippen LogP contribution in [0.3, 0.4) is 0 Å². The van der Waals surface area contributed by atoms with Crippen molar-refractivity contribution in [3.8, 4) is 0 Å². The number of thioether (sulfide) groups is 1. The quantitative estimate of drug-likeness (QED) is 0.467. The van der Waals surface area contributed by atoms with Crippen LogP contribution in [0, 0.1) is 0 Å². The van der Waals surface area contributed by atoms with Crippen LogP contribution in [-0.4, -0.2) is 41.2 Å². The number of carboxylic acid groups (broad SMARTS) is 1. The number of benzene rings is 2. The smallest absolute Gasteiger partial charge is 0.303 e. The van der Waals surface area contributed by atoms with Gasteiger partial charge in [-0.05, 0) is 54.5 Å². The number of carbonyl (C=O) groups excluding carboxylic acids is 1. The van der Waals surface area contributed by atoms with Gasteiger partial charge in [-0.25, -0.2) is 8.42 Å². The monoisotopic (exact) mass is 481 g/mol. The number of carboxylic acids is 1. The molecule has 0 spiro atoms. The zero-order chi connectivity index (χ0) is 21.9. The highest BCUT2D eigenvalue weighted by atomic mass is 35.5. The molecule has 1 saturated heterocycles. The summed E-state index contributed by atoms with van der Waals surface area (Å²) in [5, 5.41) is 9.18. The van der Waals surface area contributed by atoms with Crippen LogP contribution in [0.5, 0.6) is 0 Å². The molecule has 3 rings (SSSR count). The van der Waals surface area contributed by atoms with Gasteiger partial charge in [0.25, 0.3) is 5.91 Å². The predicted molar refractivity (Wildman–Crippen MR) is 120 cm³/mol. The maximum Gasteiger partial charge on any atom is 0.303 e. The van der Waals surface area contributed by atoms with Crippen LogP contribution in [0.4, 0.5) is 0 Å². The van der Waals surface area contributed by atoms with Crippen molar-refractivity contribution >= 4 is 67.7 Å². The Labute approximate surface area is 188 Å². The minimum absolute atomic E-state index is 0.0420. The van der Waals surface area contributed by atoms with E-state index >= 15 is 0 Å². The molecule has 0 aromatic heterocycles. The van der Waals surface area contributed by atoms with E-state index in [0.717, 1.165) is 11.8 Å². The van der Waals surface area contributed by atoms with Crippen LogP contribution in [0.25, 0.3) is 6.08 Å². The standard InChI is InChI=1S/C20H16ClNO5S3/c21-14-5-9-16(10-6-14)30(26,27)15-7-3-13(4-8-15)12-17-19(25)22(20(28)29-17)11-1-2-18(23)24/h3-10,12H,1-2,11H2,(H,23,24). The molecule has 1 amide bonds. The number of rotatable bonds is 7. The lowest BCUT2D eigenvalue weighted by Crippen LogP contribution is -2.29. The van der Waals surface area contributed by atoms with E-state index in [9.17, 15) is 18.0 Å². The first-order chi connectivity index (χ1) is 14.2. The average Bonchev–Trinajstić information content (AvgIpc) is 2.96. The van der Waals surface area contributed by atoms with Gasteiger partial charge in [-0.1, -0.05) is 47.7 Å². The lowest BCUT2D eigenvalue weighted by atomic mass is 10.2. The molecule has 1 fully saturated rings. The average molecular weight is 482 g/mol. The highest BCUT2D eigenvalue weighted by molar-refractivity contribution is 8.26. The van der Waals surface area contributed by atoms with Crippen molar-refractivity contribution < 1.29 is 23.1 Å². The van der Waals surface area contributed by atoms with Crippen molar-refractivity contribution in [2.24, 2.45) is 0 Å². The van der Waals surface area contributed by atoms with Crippen LogP contribution in [-0.2, 0) is 19.4 Å². The van der Waals surface area contributed by atoms with Crippen molar-refractivity contribution in [2.75, 3.05) is 6.54 Å². The normalized spacial score (nSPS) is 15.8. The van der Waals surface area contributed by atoms with E-state index in [2.05, 4.69) is 0 Å². The van der Waals surface area contributed by atoms with Gasteiger partial charge >= 0.3 is 5.97 Å². The highest BCUT2D eigenvalue weighted by Gasteiger charge is 2.31. The molecule has 1 N–H and O–H groups in total. The summed E-state index contributed by atoms with van der Waals surface area (Å²) >= 11 is 12.2. The Kier molecular flexibility index (Phi) is 6.97. The van der Waals surface area contributed by atoms with Gasteiger partial charge in [-0.15, -0.1) is 0 Å². The number of carbonyl (C=O) groups is 2. The van der Waals surface area contributed by atoms with E-state index < -0.39 is 15.8 Å². The summed E-state index contributed by atoms with van der Waals surface area (Å²) in [6.45, 7) is 0.243. The highest BCUT2D eigenvalue weighted by Crippen LogP contribution is 2.33. The first kappa shape index (κ1) is 22.5. The van der Waals surface area contributed by atoms with E-state index in [1.165, 1.54) is 41.3 Å². The fourth-order valence-corrected chi connectivity index (χ4v) is 5.42. The second kappa shape index (κ2) is 9.30. The number of nitrogens with zero attached hydrogens (tertiary/aromatic N) is 1. The molecule has 1 aliphatic heterocycles. The zero-order valence-corrected chi connectivity index (χ0v) is 18.7. The molecule has 0 bridgehead atoms. The van der Waals surface area contributed by atoms with Gasteiger partial charge in [-0.3, -0.25) is 14.5 Å². The van der Waals surface area contributed by atoms with E-state index in [1.807, 2.05) is 0 Å². The minimum atomic E-state index is -3.67. The number of amides is 1. The fraction of sp³-hybridized carbons (Fsp3) is 0.150. The molecular weight excluding hydrogens is 466 g/mol. The van der Waals surface area contributed by atoms with E-state index in [0.29, 0.717) is 26.2 Å². The van der Waals surface area contributed by atoms with Gasteiger partial charge in [0.15, 0.2) is 0 Å². The molecule has 2 aromatic carbocycles. The van der Waals surface area contributed by atoms with Gasteiger partial charge in [0.2, 0.25) is 9.84 Å². The lowest BCUT2D eigenvalue weighted by molar-refractivity contribution is -0.137. The first-order valence-electron chi connectivity index (χ1n) is 8.76. The van der Waals surface area contributed by atoms with Gasteiger partial charge in [0.1, 0.15) is 4.32 Å². The van der Waals surface area contributed by atoms with Crippen LogP contribution >= 0.6 is 35.6 Å². The largest absolute Gasteiger partial charge is 0.481 e. The third kappa shape index (κ3) is 5.10. The van der Waals surface area contributed by atoms with Gasteiger partial charge < -0.3 is 5.11 Å². The molecule has 10 heteroatoms. The van der Waals surface area contributed by atoms with Crippen LogP contribution < -0.4 is 0 Å². The van der Waals surface area contributed by atoms with Crippen LogP contribution in [0.1, 0.15) is 18.4 Å². The zero-order valence-electron chi connectivity index (χ0n) is 15.4. The Morgan fingerprint density at radius 3 is 2.23 bits per heavy atom. The van der Waals surface area contributed by atoms with E-state index in [4.69, 9.17) is 28.9 Å². The molecule has 0 unspecified atom stereocenters. The Bertz CT molecular complexity index is 1130. The van der Waals surface area contributed by atoms with Crippen molar-refractivity contribution in [3.05, 3.63) is 64.0 Å². The van der Waals surface area contributed by atoms with Crippen molar-refractivity contribution in [1.82, 2.24) is 4.90 Å². The van der Waals surface area contributed by atoms with Gasteiger partial charge in [0, 0.05) is 18.0 Å². The fourth-order valence-electron chi connectivity index (χ4n) is 2.73. The van der Waals surface area contributed by atoms with Gasteiger partial charge in [0.05, 0.1) is 14.7 Å². The maximum atomic E-state index is 12.7. The molecule has 0 radical (unpaired) electrons.